The minimum absolute atomic E-state index is 0.875. The second-order valence-corrected chi connectivity index (χ2v) is 4.42. The molecule has 18 heavy (non-hydrogen) atoms. The van der Waals surface area contributed by atoms with Crippen LogP contribution in [-0.4, -0.2) is 0 Å². The maximum Gasteiger partial charge on any atom is 0.151 e. The van der Waals surface area contributed by atoms with Gasteiger partial charge in [0.05, 0.1) is 11.4 Å². The van der Waals surface area contributed by atoms with Crippen LogP contribution in [-0.2, 0) is 0 Å². The first kappa shape index (κ1) is 9.54. The molecule has 2 heteroatoms. The molecule has 4 rings (SSSR count). The van der Waals surface area contributed by atoms with Gasteiger partial charge in [0, 0.05) is 0 Å². The van der Waals surface area contributed by atoms with Gasteiger partial charge in [-0.05, 0) is 35.0 Å². The van der Waals surface area contributed by atoms with E-state index in [-0.39, 0.29) is 0 Å². The maximum absolute atomic E-state index is 5.92. The van der Waals surface area contributed by atoms with Crippen molar-refractivity contribution in [3.05, 3.63) is 60.7 Å². The Balaban J connectivity index is 1.92. The van der Waals surface area contributed by atoms with Crippen molar-refractivity contribution in [2.45, 2.75) is 0 Å². The summed E-state index contributed by atoms with van der Waals surface area (Å²) < 4.78 is 5.92. The summed E-state index contributed by atoms with van der Waals surface area (Å²) >= 11 is 0. The summed E-state index contributed by atoms with van der Waals surface area (Å²) in [5.74, 6) is 1.76. The van der Waals surface area contributed by atoms with E-state index >= 15 is 0 Å². The lowest BCUT2D eigenvalue weighted by Gasteiger charge is -2.22. The van der Waals surface area contributed by atoms with Crippen molar-refractivity contribution in [1.82, 2.24) is 0 Å². The van der Waals surface area contributed by atoms with Gasteiger partial charge in [0.2, 0.25) is 0 Å². The molecule has 0 aromatic heterocycles. The fourth-order valence-electron chi connectivity index (χ4n) is 2.32. The third kappa shape index (κ3) is 1.36. The van der Waals surface area contributed by atoms with Crippen LogP contribution >= 0.6 is 0 Å². The zero-order valence-electron chi connectivity index (χ0n) is 9.68. The van der Waals surface area contributed by atoms with Gasteiger partial charge in [-0.1, -0.05) is 36.4 Å². The number of ether oxygens (including phenoxy) is 1. The topological polar surface area (TPSA) is 21.3 Å². The molecule has 0 radical (unpaired) electrons. The molecule has 1 N–H and O–H groups in total. The molecular formula is C16H11NO. The molecule has 0 spiro atoms. The summed E-state index contributed by atoms with van der Waals surface area (Å²) in [5.41, 5.74) is 2.03. The number of nitrogens with one attached hydrogen (secondary N) is 1. The number of hydrogen-bond donors (Lipinski definition) is 1. The highest BCUT2D eigenvalue weighted by molar-refractivity contribution is 5.91. The molecule has 1 heterocycles. The Morgan fingerprint density at radius 1 is 0.667 bits per heavy atom. The van der Waals surface area contributed by atoms with E-state index in [1.807, 2.05) is 36.4 Å². The molecule has 0 saturated heterocycles. The first-order valence-electron chi connectivity index (χ1n) is 5.97. The number of anilines is 2. The van der Waals surface area contributed by atoms with Crippen LogP contribution < -0.4 is 10.1 Å². The lowest BCUT2D eigenvalue weighted by Crippen LogP contribution is -2.02. The van der Waals surface area contributed by atoms with Crippen molar-refractivity contribution >= 4 is 22.1 Å². The molecule has 2 nitrogen and oxygen atoms in total. The highest BCUT2D eigenvalue weighted by Crippen LogP contribution is 2.43. The first-order valence-corrected chi connectivity index (χ1v) is 5.97. The van der Waals surface area contributed by atoms with Crippen LogP contribution in [0.4, 0.5) is 11.4 Å². The molecule has 86 valence electrons. The maximum atomic E-state index is 5.92. The standard InChI is InChI=1S/C16H11NO/c1-2-6-12-10-16-14(9-11(12)5-1)17-13-7-3-4-8-15(13)18-16/h1-10,17H. The van der Waals surface area contributed by atoms with Crippen LogP contribution in [0.3, 0.4) is 0 Å². The van der Waals surface area contributed by atoms with Crippen molar-refractivity contribution in [2.24, 2.45) is 0 Å². The molecule has 0 bridgehead atoms. The number of hydrogen-bond acceptors (Lipinski definition) is 2. The SMILES string of the molecule is c1ccc2c(c1)Nc1cc3ccccc3cc1O2. The first-order chi connectivity index (χ1) is 8.90. The fourth-order valence-corrected chi connectivity index (χ4v) is 2.32. The van der Waals surface area contributed by atoms with E-state index in [4.69, 9.17) is 4.74 Å². The van der Waals surface area contributed by atoms with E-state index in [9.17, 15) is 0 Å². The molecule has 0 aliphatic carbocycles. The van der Waals surface area contributed by atoms with Gasteiger partial charge < -0.3 is 10.1 Å². The lowest BCUT2D eigenvalue weighted by molar-refractivity contribution is 0.482. The van der Waals surface area contributed by atoms with E-state index < -0.39 is 0 Å². The molecule has 0 amide bonds. The van der Waals surface area contributed by atoms with Gasteiger partial charge in [0.15, 0.2) is 11.5 Å². The van der Waals surface area contributed by atoms with E-state index in [1.165, 1.54) is 10.8 Å². The highest BCUT2D eigenvalue weighted by Gasteiger charge is 2.16. The number of rotatable bonds is 0. The van der Waals surface area contributed by atoms with E-state index in [0.29, 0.717) is 0 Å². The smallest absolute Gasteiger partial charge is 0.151 e. The van der Waals surface area contributed by atoms with Gasteiger partial charge in [-0.15, -0.1) is 0 Å². The Morgan fingerprint density at radius 3 is 2.28 bits per heavy atom. The van der Waals surface area contributed by atoms with Crippen molar-refractivity contribution < 1.29 is 4.74 Å². The van der Waals surface area contributed by atoms with E-state index in [1.54, 1.807) is 0 Å². The largest absolute Gasteiger partial charge is 0.453 e. The van der Waals surface area contributed by atoms with Crippen molar-refractivity contribution in [3.63, 3.8) is 0 Å². The van der Waals surface area contributed by atoms with Crippen molar-refractivity contribution in [2.75, 3.05) is 5.32 Å². The van der Waals surface area contributed by atoms with Gasteiger partial charge in [-0.25, -0.2) is 0 Å². The molecule has 0 unspecified atom stereocenters. The van der Waals surface area contributed by atoms with Gasteiger partial charge in [-0.2, -0.15) is 0 Å². The average molecular weight is 233 g/mol. The van der Waals surface area contributed by atoms with Crippen LogP contribution in [0.5, 0.6) is 11.5 Å². The molecule has 0 fully saturated rings. The van der Waals surface area contributed by atoms with Crippen molar-refractivity contribution in [3.8, 4) is 11.5 Å². The number of fused-ring (bicyclic) bond motifs is 3. The Labute approximate surface area is 105 Å². The fraction of sp³-hybridized carbons (Fsp3) is 0. The Bertz CT molecular complexity index is 685. The predicted molar refractivity (Wildman–Crippen MR) is 73.7 cm³/mol. The summed E-state index contributed by atoms with van der Waals surface area (Å²) in [7, 11) is 0. The van der Waals surface area contributed by atoms with Crippen LogP contribution in [0.15, 0.2) is 60.7 Å². The molecule has 0 saturated carbocycles. The molecule has 0 atom stereocenters. The third-order valence-electron chi connectivity index (χ3n) is 3.22. The highest BCUT2D eigenvalue weighted by atomic mass is 16.5. The monoisotopic (exact) mass is 233 g/mol. The van der Waals surface area contributed by atoms with Crippen LogP contribution in [0.25, 0.3) is 10.8 Å². The van der Waals surface area contributed by atoms with Crippen LogP contribution in [0.2, 0.25) is 0 Å². The Hall–Kier alpha value is -2.48. The summed E-state index contributed by atoms with van der Waals surface area (Å²) in [6.07, 6.45) is 0. The number of benzene rings is 3. The number of para-hydroxylation sites is 2. The molecule has 1 aliphatic rings. The van der Waals surface area contributed by atoms with Crippen LogP contribution in [0.1, 0.15) is 0 Å². The molecular weight excluding hydrogens is 222 g/mol. The van der Waals surface area contributed by atoms with E-state index in [0.717, 1.165) is 22.9 Å². The molecule has 1 aliphatic heterocycles. The zero-order chi connectivity index (χ0) is 11.9. The summed E-state index contributed by atoms with van der Waals surface area (Å²) in [4.78, 5) is 0. The van der Waals surface area contributed by atoms with Gasteiger partial charge in [-0.3, -0.25) is 0 Å². The quantitative estimate of drug-likeness (QED) is 0.475. The summed E-state index contributed by atoms with van der Waals surface area (Å²) in [5, 5.41) is 5.81. The summed E-state index contributed by atoms with van der Waals surface area (Å²) in [6, 6.07) is 20.5. The molecule has 3 aromatic carbocycles. The summed E-state index contributed by atoms with van der Waals surface area (Å²) in [6.45, 7) is 0. The Kier molecular flexibility index (Phi) is 1.86. The normalized spacial score (nSPS) is 12.2. The Morgan fingerprint density at radius 2 is 1.39 bits per heavy atom. The zero-order valence-corrected chi connectivity index (χ0v) is 9.68. The second kappa shape index (κ2) is 3.50. The van der Waals surface area contributed by atoms with Gasteiger partial charge in [0.1, 0.15) is 0 Å². The average Bonchev–Trinajstić information content (AvgIpc) is 2.42. The van der Waals surface area contributed by atoms with Crippen LogP contribution in [0, 0.1) is 0 Å². The molecule has 3 aromatic rings. The minimum atomic E-state index is 0.875. The van der Waals surface area contributed by atoms with Gasteiger partial charge in [0.25, 0.3) is 0 Å². The van der Waals surface area contributed by atoms with Gasteiger partial charge >= 0.3 is 0 Å². The predicted octanol–water partition coefficient (Wildman–Crippen LogP) is 4.69. The van der Waals surface area contributed by atoms with E-state index in [2.05, 4.69) is 29.6 Å². The second-order valence-electron chi connectivity index (χ2n) is 4.42. The lowest BCUT2D eigenvalue weighted by atomic mass is 10.1. The van der Waals surface area contributed by atoms with Crippen molar-refractivity contribution in [1.29, 1.82) is 0 Å². The minimum Gasteiger partial charge on any atom is -0.453 e. The third-order valence-corrected chi connectivity index (χ3v) is 3.22.